The van der Waals surface area contributed by atoms with Crippen molar-refractivity contribution in [2.75, 3.05) is 0 Å². The summed E-state index contributed by atoms with van der Waals surface area (Å²) in [5.41, 5.74) is 3.60. The first-order valence-electron chi connectivity index (χ1n) is 8.09. The molecule has 0 amide bonds. The number of benzene rings is 3. The molecule has 3 aromatic rings. The summed E-state index contributed by atoms with van der Waals surface area (Å²) in [5.74, 6) is 0. The predicted molar refractivity (Wildman–Crippen MR) is 104 cm³/mol. The molecular formula is C22H17NO2S. The summed E-state index contributed by atoms with van der Waals surface area (Å²) < 4.78 is 25.3. The summed E-state index contributed by atoms with van der Waals surface area (Å²) in [4.78, 5) is 0.167. The van der Waals surface area contributed by atoms with Crippen molar-refractivity contribution in [3.8, 4) is 17.2 Å². The lowest BCUT2D eigenvalue weighted by atomic mass is 9.95. The molecule has 26 heavy (non-hydrogen) atoms. The standard InChI is InChI=1S/C22H17NO2S/c1-17-11-13-18(14-12-17)21-9-5-6-10-22(21)19(15-23)16-26(24,25)20-7-3-2-4-8-20/h2-14,16H,1H3. The van der Waals surface area contributed by atoms with E-state index in [1.54, 1.807) is 30.3 Å². The highest BCUT2D eigenvalue weighted by molar-refractivity contribution is 7.94. The number of allylic oxidation sites excluding steroid dienone is 1. The van der Waals surface area contributed by atoms with Gasteiger partial charge in [0.2, 0.25) is 9.84 Å². The third-order valence-electron chi connectivity index (χ3n) is 4.04. The quantitative estimate of drug-likeness (QED) is 0.616. The van der Waals surface area contributed by atoms with Crippen molar-refractivity contribution < 1.29 is 8.42 Å². The number of sulfone groups is 1. The van der Waals surface area contributed by atoms with Crippen LogP contribution in [-0.4, -0.2) is 8.42 Å². The van der Waals surface area contributed by atoms with E-state index in [2.05, 4.69) is 0 Å². The van der Waals surface area contributed by atoms with Crippen molar-refractivity contribution in [2.45, 2.75) is 11.8 Å². The van der Waals surface area contributed by atoms with Crippen LogP contribution in [0.15, 0.2) is 89.2 Å². The fourth-order valence-corrected chi connectivity index (χ4v) is 3.85. The number of aryl methyl sites for hydroxylation is 1. The second-order valence-electron chi connectivity index (χ2n) is 5.91. The van der Waals surface area contributed by atoms with Crippen molar-refractivity contribution in [3.63, 3.8) is 0 Å². The van der Waals surface area contributed by atoms with Crippen LogP contribution in [0, 0.1) is 18.3 Å². The number of hydrogen-bond acceptors (Lipinski definition) is 3. The zero-order valence-corrected chi connectivity index (χ0v) is 15.1. The van der Waals surface area contributed by atoms with Crippen LogP contribution < -0.4 is 0 Å². The Bertz CT molecular complexity index is 1090. The van der Waals surface area contributed by atoms with Crippen LogP contribution in [-0.2, 0) is 9.84 Å². The van der Waals surface area contributed by atoms with Gasteiger partial charge in [0.05, 0.1) is 15.9 Å². The summed E-state index contributed by atoms with van der Waals surface area (Å²) in [5, 5.41) is 10.7. The smallest absolute Gasteiger partial charge is 0.201 e. The number of nitrogens with zero attached hydrogens (tertiary/aromatic N) is 1. The van der Waals surface area contributed by atoms with Crippen LogP contribution in [0.4, 0.5) is 0 Å². The topological polar surface area (TPSA) is 57.9 Å². The fourth-order valence-electron chi connectivity index (χ4n) is 2.69. The molecule has 3 nitrogen and oxygen atoms in total. The largest absolute Gasteiger partial charge is 0.219 e. The monoisotopic (exact) mass is 359 g/mol. The van der Waals surface area contributed by atoms with E-state index in [1.807, 2.05) is 49.4 Å². The molecule has 0 aliphatic carbocycles. The Balaban J connectivity index is 2.13. The molecule has 0 saturated carbocycles. The van der Waals surface area contributed by atoms with Crippen LogP contribution >= 0.6 is 0 Å². The highest BCUT2D eigenvalue weighted by Crippen LogP contribution is 2.30. The third kappa shape index (κ3) is 3.74. The second kappa shape index (κ2) is 7.38. The molecule has 0 N–H and O–H groups in total. The Hall–Kier alpha value is -3.16. The summed E-state index contributed by atoms with van der Waals surface area (Å²) in [6.45, 7) is 2.00. The van der Waals surface area contributed by atoms with Crippen molar-refractivity contribution >= 4 is 15.4 Å². The van der Waals surface area contributed by atoms with Crippen LogP contribution in [0.25, 0.3) is 16.7 Å². The molecule has 0 aliphatic rings. The molecule has 0 heterocycles. The van der Waals surface area contributed by atoms with Crippen LogP contribution in [0.2, 0.25) is 0 Å². The number of hydrogen-bond donors (Lipinski definition) is 0. The first-order chi connectivity index (χ1) is 12.5. The van der Waals surface area contributed by atoms with Gasteiger partial charge >= 0.3 is 0 Å². The van der Waals surface area contributed by atoms with Crippen LogP contribution in [0.3, 0.4) is 0 Å². The minimum atomic E-state index is -3.71. The highest BCUT2D eigenvalue weighted by Gasteiger charge is 2.16. The molecule has 0 aliphatic heterocycles. The van der Waals surface area contributed by atoms with E-state index in [1.165, 1.54) is 12.1 Å². The summed E-state index contributed by atoms with van der Waals surface area (Å²) in [7, 11) is -3.71. The van der Waals surface area contributed by atoms with Gasteiger partial charge in [0.1, 0.15) is 6.07 Å². The molecule has 4 heteroatoms. The molecule has 3 aromatic carbocycles. The average molecular weight is 359 g/mol. The summed E-state index contributed by atoms with van der Waals surface area (Å²) in [6, 6.07) is 25.4. The van der Waals surface area contributed by atoms with E-state index in [9.17, 15) is 13.7 Å². The lowest BCUT2D eigenvalue weighted by molar-refractivity contribution is 0.605. The van der Waals surface area contributed by atoms with Gasteiger partial charge in [-0.15, -0.1) is 0 Å². The number of rotatable bonds is 4. The maximum absolute atomic E-state index is 12.6. The molecule has 0 atom stereocenters. The maximum atomic E-state index is 12.6. The van der Waals surface area contributed by atoms with Gasteiger partial charge in [-0.25, -0.2) is 8.42 Å². The van der Waals surface area contributed by atoms with Gasteiger partial charge in [0, 0.05) is 5.56 Å². The van der Waals surface area contributed by atoms with E-state index in [0.717, 1.165) is 22.1 Å². The zero-order chi connectivity index (χ0) is 18.6. The van der Waals surface area contributed by atoms with Crippen LogP contribution in [0.5, 0.6) is 0 Å². The van der Waals surface area contributed by atoms with Gasteiger partial charge in [-0.2, -0.15) is 5.26 Å². The molecule has 0 aromatic heterocycles. The van der Waals surface area contributed by atoms with E-state index >= 15 is 0 Å². The van der Waals surface area contributed by atoms with Crippen molar-refractivity contribution in [1.29, 1.82) is 5.26 Å². The number of nitriles is 1. The van der Waals surface area contributed by atoms with Gasteiger partial charge in [0.15, 0.2) is 0 Å². The zero-order valence-electron chi connectivity index (χ0n) is 14.3. The third-order valence-corrected chi connectivity index (χ3v) is 5.52. The van der Waals surface area contributed by atoms with Crippen molar-refractivity contribution in [2.24, 2.45) is 0 Å². The Morgan fingerprint density at radius 2 is 1.50 bits per heavy atom. The van der Waals surface area contributed by atoms with Gasteiger partial charge in [0.25, 0.3) is 0 Å². The Morgan fingerprint density at radius 3 is 2.15 bits per heavy atom. The molecule has 0 fully saturated rings. The molecular weight excluding hydrogens is 342 g/mol. The molecule has 0 unspecified atom stereocenters. The van der Waals surface area contributed by atoms with E-state index < -0.39 is 9.84 Å². The average Bonchev–Trinajstić information content (AvgIpc) is 2.67. The maximum Gasteiger partial charge on any atom is 0.201 e. The molecule has 0 spiro atoms. The molecule has 3 rings (SSSR count). The molecule has 0 bridgehead atoms. The molecule has 128 valence electrons. The summed E-state index contributed by atoms with van der Waals surface area (Å²) in [6.07, 6.45) is 0. The minimum absolute atomic E-state index is 0.116. The SMILES string of the molecule is Cc1ccc(-c2ccccc2C(C#N)=CS(=O)(=O)c2ccccc2)cc1. The lowest BCUT2D eigenvalue weighted by Gasteiger charge is -2.09. The fraction of sp³-hybridized carbons (Fsp3) is 0.0455. The Morgan fingerprint density at radius 1 is 0.885 bits per heavy atom. The normalized spacial score (nSPS) is 11.8. The molecule has 0 saturated heterocycles. The van der Waals surface area contributed by atoms with Crippen molar-refractivity contribution in [3.05, 3.63) is 95.4 Å². The van der Waals surface area contributed by atoms with E-state index in [-0.39, 0.29) is 10.5 Å². The summed E-state index contributed by atoms with van der Waals surface area (Å²) >= 11 is 0. The van der Waals surface area contributed by atoms with Crippen molar-refractivity contribution in [1.82, 2.24) is 0 Å². The lowest BCUT2D eigenvalue weighted by Crippen LogP contribution is -1.98. The van der Waals surface area contributed by atoms with E-state index in [4.69, 9.17) is 0 Å². The Labute approximate surface area is 153 Å². The minimum Gasteiger partial charge on any atom is -0.219 e. The van der Waals surface area contributed by atoms with E-state index in [0.29, 0.717) is 5.56 Å². The first kappa shape index (κ1) is 17.7. The van der Waals surface area contributed by atoms with Crippen LogP contribution in [0.1, 0.15) is 11.1 Å². The van der Waals surface area contributed by atoms with Gasteiger partial charge in [-0.1, -0.05) is 72.3 Å². The van der Waals surface area contributed by atoms with Gasteiger partial charge in [-0.3, -0.25) is 0 Å². The van der Waals surface area contributed by atoms with Gasteiger partial charge < -0.3 is 0 Å². The first-order valence-corrected chi connectivity index (χ1v) is 9.64. The molecule has 0 radical (unpaired) electrons. The Kier molecular flexibility index (Phi) is 5.01. The second-order valence-corrected chi connectivity index (χ2v) is 7.71. The highest BCUT2D eigenvalue weighted by atomic mass is 32.2. The predicted octanol–water partition coefficient (Wildman–Crippen LogP) is 5.00. The van der Waals surface area contributed by atoms with Gasteiger partial charge in [-0.05, 0) is 30.2 Å².